The molecule has 0 aliphatic heterocycles. The van der Waals surface area contributed by atoms with Gasteiger partial charge in [-0.3, -0.25) is 18.3 Å². The second-order valence-corrected chi connectivity index (χ2v) is 7.66. The Balaban J connectivity index is 1.85. The molecule has 8 heteroatoms. The molecule has 0 aliphatic rings. The number of hydrogen-bond acceptors (Lipinski definition) is 4. The number of allylic oxidation sites excluding steroid dienone is 1. The third-order valence-corrected chi connectivity index (χ3v) is 5.76. The van der Waals surface area contributed by atoms with Crippen molar-refractivity contribution in [2.75, 3.05) is 13.7 Å². The van der Waals surface area contributed by atoms with Gasteiger partial charge in [0, 0.05) is 45.2 Å². The lowest BCUT2D eigenvalue weighted by Gasteiger charge is -2.07. The van der Waals surface area contributed by atoms with Crippen LogP contribution >= 0.6 is 0 Å². The van der Waals surface area contributed by atoms with Gasteiger partial charge in [0.1, 0.15) is 0 Å². The minimum absolute atomic E-state index is 0.191. The van der Waals surface area contributed by atoms with E-state index in [1.54, 1.807) is 14.2 Å². The Morgan fingerprint density at radius 3 is 2.52 bits per heavy atom. The molecule has 4 aromatic rings. The number of fused-ring (bicyclic) bond motifs is 3. The van der Waals surface area contributed by atoms with Crippen LogP contribution in [0, 0.1) is 13.8 Å². The van der Waals surface area contributed by atoms with E-state index in [9.17, 15) is 9.59 Å². The number of aryl methyl sites for hydroxylation is 3. The van der Waals surface area contributed by atoms with Crippen LogP contribution in [0.5, 0.6) is 0 Å². The SMILES string of the molecule is COCCCn1c(C)c(C)n2c3c(=O)n(C/C=C\c4ccccc4)c(=O)n(C)c3nc12. The molecule has 0 fully saturated rings. The van der Waals surface area contributed by atoms with Crippen LogP contribution in [0.1, 0.15) is 23.4 Å². The van der Waals surface area contributed by atoms with E-state index in [0.29, 0.717) is 23.5 Å². The molecule has 0 atom stereocenters. The van der Waals surface area contributed by atoms with Crippen LogP contribution in [-0.2, 0) is 24.9 Å². The van der Waals surface area contributed by atoms with E-state index in [-0.39, 0.29) is 17.8 Å². The van der Waals surface area contributed by atoms with E-state index in [1.165, 1.54) is 9.13 Å². The van der Waals surface area contributed by atoms with Gasteiger partial charge in [0.15, 0.2) is 11.2 Å². The molecule has 1 aromatic carbocycles. The van der Waals surface area contributed by atoms with E-state index >= 15 is 0 Å². The Kier molecular flexibility index (Phi) is 5.65. The van der Waals surface area contributed by atoms with Crippen molar-refractivity contribution in [2.24, 2.45) is 7.05 Å². The predicted octanol–water partition coefficient (Wildman–Crippen LogP) is 2.52. The van der Waals surface area contributed by atoms with Gasteiger partial charge >= 0.3 is 5.69 Å². The number of rotatable bonds is 7. The number of nitrogens with zero attached hydrogens (tertiary/aromatic N) is 5. The summed E-state index contributed by atoms with van der Waals surface area (Å²) in [6.45, 7) is 5.55. The molecular weight excluding hydrogens is 394 g/mol. The monoisotopic (exact) mass is 421 g/mol. The number of benzene rings is 1. The summed E-state index contributed by atoms with van der Waals surface area (Å²) in [6.07, 6.45) is 4.57. The highest BCUT2D eigenvalue weighted by Crippen LogP contribution is 2.21. The quantitative estimate of drug-likeness (QED) is 0.430. The van der Waals surface area contributed by atoms with Crippen molar-refractivity contribution in [3.8, 4) is 0 Å². The molecule has 8 nitrogen and oxygen atoms in total. The summed E-state index contributed by atoms with van der Waals surface area (Å²) in [4.78, 5) is 31.0. The normalized spacial score (nSPS) is 12.0. The first-order chi connectivity index (χ1) is 15.0. The van der Waals surface area contributed by atoms with Crippen molar-refractivity contribution < 1.29 is 4.74 Å². The van der Waals surface area contributed by atoms with Crippen LogP contribution in [0.3, 0.4) is 0 Å². The molecule has 31 heavy (non-hydrogen) atoms. The first-order valence-corrected chi connectivity index (χ1v) is 10.3. The predicted molar refractivity (Wildman–Crippen MR) is 122 cm³/mol. The lowest BCUT2D eigenvalue weighted by atomic mass is 10.2. The third kappa shape index (κ3) is 3.53. The Morgan fingerprint density at radius 1 is 1.06 bits per heavy atom. The maximum Gasteiger partial charge on any atom is 0.332 e. The van der Waals surface area contributed by atoms with Gasteiger partial charge in [0.05, 0.1) is 0 Å². The summed E-state index contributed by atoms with van der Waals surface area (Å²) >= 11 is 0. The third-order valence-electron chi connectivity index (χ3n) is 5.76. The first-order valence-electron chi connectivity index (χ1n) is 10.3. The summed E-state index contributed by atoms with van der Waals surface area (Å²) in [7, 11) is 3.34. The van der Waals surface area contributed by atoms with Gasteiger partial charge in [-0.05, 0) is 25.8 Å². The van der Waals surface area contributed by atoms with Crippen molar-refractivity contribution in [1.29, 1.82) is 0 Å². The first kappa shape index (κ1) is 20.9. The number of hydrogen-bond donors (Lipinski definition) is 0. The molecule has 0 saturated heterocycles. The van der Waals surface area contributed by atoms with E-state index in [4.69, 9.17) is 4.74 Å². The second kappa shape index (κ2) is 8.39. The van der Waals surface area contributed by atoms with Crippen molar-refractivity contribution in [1.82, 2.24) is 23.1 Å². The highest BCUT2D eigenvalue weighted by Gasteiger charge is 2.22. The van der Waals surface area contributed by atoms with Crippen LogP contribution in [0.15, 0.2) is 46.0 Å². The molecule has 0 N–H and O–H groups in total. The van der Waals surface area contributed by atoms with Crippen molar-refractivity contribution >= 4 is 23.0 Å². The Hall–Kier alpha value is -3.39. The van der Waals surface area contributed by atoms with E-state index < -0.39 is 0 Å². The number of methoxy groups -OCH3 is 1. The van der Waals surface area contributed by atoms with Gasteiger partial charge in [-0.2, -0.15) is 4.98 Å². The molecule has 0 amide bonds. The summed E-state index contributed by atoms with van der Waals surface area (Å²) in [5, 5.41) is 0. The molecule has 0 radical (unpaired) electrons. The summed E-state index contributed by atoms with van der Waals surface area (Å²) in [5.74, 6) is 0.672. The average Bonchev–Trinajstić information content (AvgIpc) is 3.27. The largest absolute Gasteiger partial charge is 0.385 e. The second-order valence-electron chi connectivity index (χ2n) is 7.66. The van der Waals surface area contributed by atoms with Gasteiger partial charge in [0.2, 0.25) is 5.78 Å². The Morgan fingerprint density at radius 2 is 1.81 bits per heavy atom. The van der Waals surface area contributed by atoms with Gasteiger partial charge in [-0.1, -0.05) is 42.5 Å². The smallest absolute Gasteiger partial charge is 0.332 e. The molecule has 0 unspecified atom stereocenters. The zero-order chi connectivity index (χ0) is 22.1. The standard InChI is InChI=1S/C23H27N5O3/c1-16-17(2)28-19-20(24-22(28)26(16)14-9-15-31-4)25(3)23(30)27(21(19)29)13-8-12-18-10-6-5-7-11-18/h5-8,10-12H,9,13-15H2,1-4H3/b12-8-. The highest BCUT2D eigenvalue weighted by atomic mass is 16.5. The fourth-order valence-corrected chi connectivity index (χ4v) is 3.97. The fraction of sp³-hybridized carbons (Fsp3) is 0.348. The minimum Gasteiger partial charge on any atom is -0.385 e. The van der Waals surface area contributed by atoms with Crippen molar-refractivity contribution in [2.45, 2.75) is 33.4 Å². The average molecular weight is 422 g/mol. The molecular formula is C23H27N5O3. The van der Waals surface area contributed by atoms with Crippen LogP contribution in [0.25, 0.3) is 23.0 Å². The zero-order valence-corrected chi connectivity index (χ0v) is 18.3. The molecule has 3 aromatic heterocycles. The van der Waals surface area contributed by atoms with Crippen LogP contribution in [-0.4, -0.2) is 36.8 Å². The van der Waals surface area contributed by atoms with Gasteiger partial charge < -0.3 is 9.30 Å². The number of ether oxygens (including phenoxy) is 1. The van der Waals surface area contributed by atoms with Crippen molar-refractivity contribution in [3.63, 3.8) is 0 Å². The number of aromatic nitrogens is 5. The molecule has 0 aliphatic carbocycles. The maximum atomic E-state index is 13.4. The van der Waals surface area contributed by atoms with Gasteiger partial charge in [-0.25, -0.2) is 4.79 Å². The molecule has 4 rings (SSSR count). The Labute approximate surface area is 179 Å². The molecule has 0 saturated carbocycles. The lowest BCUT2D eigenvalue weighted by Crippen LogP contribution is -2.39. The molecule has 162 valence electrons. The van der Waals surface area contributed by atoms with E-state index in [2.05, 4.69) is 9.55 Å². The Bertz CT molecular complexity index is 1390. The fourth-order valence-electron chi connectivity index (χ4n) is 3.97. The van der Waals surface area contributed by atoms with Gasteiger partial charge in [0.25, 0.3) is 5.56 Å². The van der Waals surface area contributed by atoms with Crippen LogP contribution < -0.4 is 11.2 Å². The maximum absolute atomic E-state index is 13.4. The highest BCUT2D eigenvalue weighted by molar-refractivity contribution is 5.76. The molecule has 0 bridgehead atoms. The summed E-state index contributed by atoms with van der Waals surface area (Å²) in [6, 6.07) is 9.78. The van der Waals surface area contributed by atoms with E-state index in [0.717, 1.165) is 29.9 Å². The van der Waals surface area contributed by atoms with Crippen LogP contribution in [0.2, 0.25) is 0 Å². The van der Waals surface area contributed by atoms with Crippen LogP contribution in [0.4, 0.5) is 0 Å². The van der Waals surface area contributed by atoms with Crippen molar-refractivity contribution in [3.05, 3.63) is 74.2 Å². The summed E-state index contributed by atoms with van der Waals surface area (Å²) in [5.41, 5.74) is 3.12. The summed E-state index contributed by atoms with van der Waals surface area (Å²) < 4.78 is 11.8. The molecule has 3 heterocycles. The number of imidazole rings is 2. The van der Waals surface area contributed by atoms with E-state index in [1.807, 2.05) is 60.7 Å². The zero-order valence-electron chi connectivity index (χ0n) is 18.3. The topological polar surface area (TPSA) is 75.5 Å². The minimum atomic E-state index is -0.378. The lowest BCUT2D eigenvalue weighted by molar-refractivity contribution is 0.190. The van der Waals surface area contributed by atoms with Gasteiger partial charge in [-0.15, -0.1) is 0 Å². The molecule has 0 spiro atoms.